The minimum atomic E-state index is -0.467. The Morgan fingerprint density at radius 1 is 1.50 bits per heavy atom. The topological polar surface area (TPSA) is 60.1 Å². The van der Waals surface area contributed by atoms with Crippen LogP contribution in [0.4, 0.5) is 4.39 Å². The molecule has 0 aliphatic rings. The first-order valence-corrected chi connectivity index (χ1v) is 7.00. The van der Waals surface area contributed by atoms with Gasteiger partial charge in [-0.15, -0.1) is 0 Å². The van der Waals surface area contributed by atoms with Crippen LogP contribution in [0.25, 0.3) is 11.0 Å². The van der Waals surface area contributed by atoms with Crippen molar-refractivity contribution >= 4 is 16.9 Å². The second-order valence-electron chi connectivity index (χ2n) is 5.31. The summed E-state index contributed by atoms with van der Waals surface area (Å²) in [4.78, 5) is 16.3. The summed E-state index contributed by atoms with van der Waals surface area (Å²) < 4.78 is 21.0. The molecular weight excluding hydrogens is 285 g/mol. The fraction of sp³-hybridized carbons (Fsp3) is 0.250. The highest BCUT2D eigenvalue weighted by Gasteiger charge is 2.20. The van der Waals surface area contributed by atoms with Crippen molar-refractivity contribution in [1.29, 1.82) is 0 Å². The van der Waals surface area contributed by atoms with Gasteiger partial charge in [0.15, 0.2) is 17.2 Å². The van der Waals surface area contributed by atoms with Crippen molar-refractivity contribution in [3.63, 3.8) is 0 Å². The van der Waals surface area contributed by atoms with Crippen LogP contribution in [-0.2, 0) is 6.54 Å². The summed E-state index contributed by atoms with van der Waals surface area (Å²) in [5.41, 5.74) is 0.759. The summed E-state index contributed by atoms with van der Waals surface area (Å²) in [6.07, 6.45) is 5.19. The van der Waals surface area contributed by atoms with Crippen LogP contribution in [0.5, 0.6) is 0 Å². The molecule has 0 radical (unpaired) electrons. The van der Waals surface area contributed by atoms with E-state index in [4.69, 9.17) is 4.42 Å². The second-order valence-corrected chi connectivity index (χ2v) is 5.31. The van der Waals surface area contributed by atoms with Gasteiger partial charge in [0.05, 0.1) is 6.33 Å². The smallest absolute Gasteiger partial charge is 0.287 e. The molecule has 0 spiro atoms. The van der Waals surface area contributed by atoms with Crippen molar-refractivity contribution in [1.82, 2.24) is 14.9 Å². The lowest BCUT2D eigenvalue weighted by molar-refractivity contribution is 0.0910. The summed E-state index contributed by atoms with van der Waals surface area (Å²) in [6.45, 7) is 4.23. The molecule has 0 fully saturated rings. The van der Waals surface area contributed by atoms with Crippen molar-refractivity contribution < 1.29 is 13.6 Å². The maximum absolute atomic E-state index is 13.7. The van der Waals surface area contributed by atoms with E-state index < -0.39 is 5.82 Å². The number of aromatic nitrogens is 2. The number of imidazole rings is 1. The lowest BCUT2D eigenvalue weighted by atomic mass is 10.1. The standard InChI is InChI=1S/C16H16FN3O2/c1-10(8-20-7-6-18-9-20)19-16(21)14-11(2)12-4-3-5-13(17)15(12)22-14/h3-7,9-10H,8H2,1-2H3,(H,19,21)/t10-/m1/s1. The van der Waals surface area contributed by atoms with Crippen molar-refractivity contribution in [3.8, 4) is 0 Å². The van der Waals surface area contributed by atoms with Crippen molar-refractivity contribution in [2.75, 3.05) is 0 Å². The molecule has 5 nitrogen and oxygen atoms in total. The third-order valence-corrected chi connectivity index (χ3v) is 3.54. The molecular formula is C16H16FN3O2. The molecule has 0 saturated heterocycles. The zero-order valence-corrected chi connectivity index (χ0v) is 12.3. The zero-order chi connectivity index (χ0) is 15.7. The van der Waals surface area contributed by atoms with Gasteiger partial charge in [-0.1, -0.05) is 12.1 Å². The number of nitrogens with one attached hydrogen (secondary N) is 1. The van der Waals surface area contributed by atoms with E-state index in [0.29, 0.717) is 17.5 Å². The van der Waals surface area contributed by atoms with Gasteiger partial charge < -0.3 is 14.3 Å². The van der Waals surface area contributed by atoms with Crippen LogP contribution in [0.3, 0.4) is 0 Å². The van der Waals surface area contributed by atoms with Gasteiger partial charge >= 0.3 is 0 Å². The zero-order valence-electron chi connectivity index (χ0n) is 12.3. The Labute approximate surface area is 126 Å². The van der Waals surface area contributed by atoms with Crippen LogP contribution in [0.2, 0.25) is 0 Å². The molecule has 0 aliphatic heterocycles. The highest BCUT2D eigenvalue weighted by Crippen LogP contribution is 2.27. The molecule has 6 heteroatoms. The monoisotopic (exact) mass is 301 g/mol. The summed E-state index contributed by atoms with van der Waals surface area (Å²) >= 11 is 0. The van der Waals surface area contributed by atoms with E-state index in [-0.39, 0.29) is 23.3 Å². The Bertz CT molecular complexity index is 808. The Kier molecular flexibility index (Phi) is 3.66. The quantitative estimate of drug-likeness (QED) is 0.806. The van der Waals surface area contributed by atoms with E-state index in [0.717, 1.165) is 0 Å². The molecule has 1 N–H and O–H groups in total. The first kappa shape index (κ1) is 14.3. The van der Waals surface area contributed by atoms with Crippen LogP contribution in [0, 0.1) is 12.7 Å². The third kappa shape index (κ3) is 2.59. The Balaban J connectivity index is 1.80. The number of carbonyl (C=O) groups excluding carboxylic acids is 1. The summed E-state index contributed by atoms with van der Waals surface area (Å²) in [6, 6.07) is 4.54. The number of amides is 1. The number of hydrogen-bond donors (Lipinski definition) is 1. The maximum atomic E-state index is 13.7. The second kappa shape index (κ2) is 5.63. The molecule has 0 saturated carbocycles. The molecule has 0 unspecified atom stereocenters. The summed E-state index contributed by atoms with van der Waals surface area (Å²) in [7, 11) is 0. The number of hydrogen-bond acceptors (Lipinski definition) is 3. The number of aryl methyl sites for hydroxylation is 1. The van der Waals surface area contributed by atoms with Crippen molar-refractivity contribution in [3.05, 3.63) is 54.1 Å². The molecule has 3 rings (SSSR count). The van der Waals surface area contributed by atoms with Gasteiger partial charge in [-0.05, 0) is 19.9 Å². The van der Waals surface area contributed by atoms with Gasteiger partial charge in [-0.25, -0.2) is 9.37 Å². The first-order valence-electron chi connectivity index (χ1n) is 7.00. The van der Waals surface area contributed by atoms with Gasteiger partial charge in [0.25, 0.3) is 5.91 Å². The van der Waals surface area contributed by atoms with E-state index in [1.807, 2.05) is 17.7 Å². The van der Waals surface area contributed by atoms with Gasteiger partial charge in [0.1, 0.15) is 0 Å². The summed E-state index contributed by atoms with van der Waals surface area (Å²) in [5.74, 6) is -0.663. The molecule has 2 heterocycles. The molecule has 114 valence electrons. The fourth-order valence-corrected chi connectivity index (χ4v) is 2.47. The number of carbonyl (C=O) groups is 1. The lowest BCUT2D eigenvalue weighted by Gasteiger charge is -2.13. The van der Waals surface area contributed by atoms with Crippen LogP contribution in [0.1, 0.15) is 23.0 Å². The number of rotatable bonds is 4. The van der Waals surface area contributed by atoms with Crippen LogP contribution >= 0.6 is 0 Å². The molecule has 0 bridgehead atoms. The summed E-state index contributed by atoms with van der Waals surface area (Å²) in [5, 5.41) is 3.47. The SMILES string of the molecule is Cc1c(C(=O)N[C@H](C)Cn2ccnc2)oc2c(F)cccc12. The number of furan rings is 1. The van der Waals surface area contributed by atoms with Gasteiger partial charge in [-0.2, -0.15) is 0 Å². The van der Waals surface area contributed by atoms with Crippen LogP contribution in [-0.4, -0.2) is 21.5 Å². The predicted octanol–water partition coefficient (Wildman–Crippen LogP) is 2.90. The van der Waals surface area contributed by atoms with Crippen molar-refractivity contribution in [2.24, 2.45) is 0 Å². The molecule has 3 aromatic rings. The highest BCUT2D eigenvalue weighted by atomic mass is 19.1. The van der Waals surface area contributed by atoms with Crippen LogP contribution < -0.4 is 5.32 Å². The van der Waals surface area contributed by atoms with E-state index in [1.165, 1.54) is 6.07 Å². The van der Waals surface area contributed by atoms with E-state index in [2.05, 4.69) is 10.3 Å². The first-order chi connectivity index (χ1) is 10.6. The van der Waals surface area contributed by atoms with Crippen molar-refractivity contribution in [2.45, 2.75) is 26.4 Å². The fourth-order valence-electron chi connectivity index (χ4n) is 2.47. The minimum Gasteiger partial charge on any atom is -0.448 e. The Morgan fingerprint density at radius 3 is 3.00 bits per heavy atom. The number of para-hydroxylation sites is 1. The maximum Gasteiger partial charge on any atom is 0.287 e. The average molecular weight is 301 g/mol. The van der Waals surface area contributed by atoms with Gasteiger partial charge in [0, 0.05) is 35.9 Å². The van der Waals surface area contributed by atoms with Gasteiger partial charge in [-0.3, -0.25) is 4.79 Å². The average Bonchev–Trinajstić information content (AvgIpc) is 3.08. The third-order valence-electron chi connectivity index (χ3n) is 3.54. The highest BCUT2D eigenvalue weighted by molar-refractivity contribution is 5.99. The largest absolute Gasteiger partial charge is 0.448 e. The molecule has 2 aromatic heterocycles. The van der Waals surface area contributed by atoms with E-state index in [9.17, 15) is 9.18 Å². The normalized spacial score (nSPS) is 12.5. The number of nitrogens with zero attached hydrogens (tertiary/aromatic N) is 2. The van der Waals surface area contributed by atoms with Crippen LogP contribution in [0.15, 0.2) is 41.3 Å². The molecule has 1 aromatic carbocycles. The Morgan fingerprint density at radius 2 is 2.32 bits per heavy atom. The van der Waals surface area contributed by atoms with E-state index >= 15 is 0 Å². The molecule has 1 atom stereocenters. The molecule has 0 aliphatic carbocycles. The predicted molar refractivity (Wildman–Crippen MR) is 80.1 cm³/mol. The minimum absolute atomic E-state index is 0.112. The molecule has 1 amide bonds. The molecule has 22 heavy (non-hydrogen) atoms. The lowest BCUT2D eigenvalue weighted by Crippen LogP contribution is -2.35. The number of benzene rings is 1. The van der Waals surface area contributed by atoms with E-state index in [1.54, 1.807) is 31.6 Å². The number of fused-ring (bicyclic) bond motifs is 1. The van der Waals surface area contributed by atoms with Gasteiger partial charge in [0.2, 0.25) is 0 Å². The number of halogens is 1. The Hall–Kier alpha value is -2.63.